The first-order valence-corrected chi connectivity index (χ1v) is 10.4. The van der Waals surface area contributed by atoms with E-state index in [0.717, 1.165) is 0 Å². The maximum absolute atomic E-state index is 14.2. The van der Waals surface area contributed by atoms with E-state index in [1.165, 1.54) is 18.1 Å². The molecule has 4 rings (SSSR count). The Bertz CT molecular complexity index is 1180. The van der Waals surface area contributed by atoms with E-state index in [4.69, 9.17) is 14.2 Å². The second kappa shape index (κ2) is 9.60. The molecule has 2 amide bonds. The predicted octanol–water partition coefficient (Wildman–Crippen LogP) is 4.17. The number of amides is 2. The number of anilines is 2. The van der Waals surface area contributed by atoms with E-state index in [0.29, 0.717) is 34.2 Å². The third-order valence-corrected chi connectivity index (χ3v) is 5.17. The lowest BCUT2D eigenvalue weighted by atomic mass is 10.1. The quantitative estimate of drug-likeness (QED) is 0.585. The number of hydrogen-bond acceptors (Lipinski definition) is 5. The molecule has 1 unspecified atom stereocenters. The molecule has 0 spiro atoms. The first-order valence-electron chi connectivity index (χ1n) is 10.4. The van der Waals surface area contributed by atoms with Crippen LogP contribution in [0.25, 0.3) is 0 Å². The van der Waals surface area contributed by atoms with Crippen LogP contribution < -0.4 is 24.4 Å². The zero-order valence-corrected chi connectivity index (χ0v) is 18.2. The topological polar surface area (TPSA) is 77.1 Å². The van der Waals surface area contributed by atoms with Crippen LogP contribution in [0.4, 0.5) is 15.8 Å². The largest absolute Gasteiger partial charge is 0.493 e. The summed E-state index contributed by atoms with van der Waals surface area (Å²) in [6.07, 6.45) is -0.709. The number of halogens is 1. The molecule has 1 aliphatic rings. The van der Waals surface area contributed by atoms with Crippen LogP contribution in [0.1, 0.15) is 12.5 Å². The fourth-order valence-electron chi connectivity index (χ4n) is 3.52. The molecule has 0 saturated heterocycles. The maximum atomic E-state index is 14.2. The van der Waals surface area contributed by atoms with E-state index in [2.05, 4.69) is 5.32 Å². The van der Waals surface area contributed by atoms with Crippen LogP contribution in [-0.2, 0) is 16.1 Å². The first kappa shape index (κ1) is 22.1. The summed E-state index contributed by atoms with van der Waals surface area (Å²) in [6, 6.07) is 18.3. The van der Waals surface area contributed by atoms with Gasteiger partial charge in [-0.15, -0.1) is 0 Å². The van der Waals surface area contributed by atoms with E-state index in [1.807, 2.05) is 0 Å². The van der Waals surface area contributed by atoms with Crippen molar-refractivity contribution in [1.29, 1.82) is 0 Å². The third kappa shape index (κ3) is 4.90. The molecular weight excluding hydrogens is 427 g/mol. The molecule has 0 aliphatic carbocycles. The van der Waals surface area contributed by atoms with E-state index < -0.39 is 17.8 Å². The molecule has 0 radical (unpaired) electrons. The van der Waals surface area contributed by atoms with E-state index >= 15 is 0 Å². The highest BCUT2D eigenvalue weighted by Crippen LogP contribution is 2.37. The number of carbonyl (C=O) groups is 2. The van der Waals surface area contributed by atoms with Gasteiger partial charge in [-0.2, -0.15) is 0 Å². The van der Waals surface area contributed by atoms with Crippen LogP contribution in [-0.4, -0.2) is 31.6 Å². The van der Waals surface area contributed by atoms with Gasteiger partial charge >= 0.3 is 0 Å². The lowest BCUT2D eigenvalue weighted by Crippen LogP contribution is -2.44. The number of nitrogens with zero attached hydrogens (tertiary/aromatic N) is 1. The molecular formula is C25H23FN2O5. The van der Waals surface area contributed by atoms with Gasteiger partial charge in [0.05, 0.1) is 19.3 Å². The molecule has 1 atom stereocenters. The van der Waals surface area contributed by atoms with Crippen LogP contribution >= 0.6 is 0 Å². The zero-order chi connectivity index (χ0) is 23.4. The number of nitrogens with one attached hydrogen (secondary N) is 1. The molecule has 170 valence electrons. The maximum Gasteiger partial charge on any atom is 0.268 e. The second-order valence-electron chi connectivity index (χ2n) is 7.45. The Labute approximate surface area is 190 Å². The Hall–Kier alpha value is -4.07. The van der Waals surface area contributed by atoms with Crippen LogP contribution in [0, 0.1) is 5.82 Å². The van der Waals surface area contributed by atoms with Gasteiger partial charge in [0.1, 0.15) is 11.6 Å². The Morgan fingerprint density at radius 1 is 1.09 bits per heavy atom. The van der Waals surface area contributed by atoms with Gasteiger partial charge in [-0.1, -0.05) is 30.3 Å². The van der Waals surface area contributed by atoms with Gasteiger partial charge in [0.2, 0.25) is 0 Å². The molecule has 3 aromatic rings. The predicted molar refractivity (Wildman–Crippen MR) is 121 cm³/mol. The van der Waals surface area contributed by atoms with Crippen molar-refractivity contribution in [2.24, 2.45) is 0 Å². The Balaban J connectivity index is 1.51. The van der Waals surface area contributed by atoms with Crippen LogP contribution in [0.15, 0.2) is 66.7 Å². The summed E-state index contributed by atoms with van der Waals surface area (Å²) in [5.41, 5.74) is 1.28. The number of carbonyl (C=O) groups excluding carboxylic acids is 2. The summed E-state index contributed by atoms with van der Waals surface area (Å²) in [6.45, 7) is 1.45. The van der Waals surface area contributed by atoms with Crippen LogP contribution in [0.2, 0.25) is 0 Å². The molecule has 7 nitrogen and oxygen atoms in total. The molecule has 0 fully saturated rings. The number of rotatable bonds is 7. The minimum Gasteiger partial charge on any atom is -0.493 e. The number of ether oxygens (including phenoxy) is 3. The highest BCUT2D eigenvalue weighted by Gasteiger charge is 2.32. The lowest BCUT2D eigenvalue weighted by Gasteiger charge is -2.33. The second-order valence-corrected chi connectivity index (χ2v) is 7.45. The summed E-state index contributed by atoms with van der Waals surface area (Å²) in [5, 5.41) is 2.75. The minimum absolute atomic E-state index is 0.0422. The normalized spacial score (nSPS) is 14.8. The van der Waals surface area contributed by atoms with Crippen molar-refractivity contribution in [3.8, 4) is 17.2 Å². The van der Waals surface area contributed by atoms with Crippen molar-refractivity contribution in [3.63, 3.8) is 0 Å². The molecule has 8 heteroatoms. The van der Waals surface area contributed by atoms with Gasteiger partial charge < -0.3 is 24.4 Å². The number of benzene rings is 3. The lowest BCUT2D eigenvalue weighted by molar-refractivity contribution is -0.125. The van der Waals surface area contributed by atoms with Crippen molar-refractivity contribution < 1.29 is 28.2 Å². The number of fused-ring (bicyclic) bond motifs is 1. The molecule has 0 aromatic heterocycles. The smallest absolute Gasteiger partial charge is 0.268 e. The molecule has 3 aromatic carbocycles. The fourth-order valence-corrected chi connectivity index (χ4v) is 3.52. The van der Waals surface area contributed by atoms with Crippen LogP contribution in [0.3, 0.4) is 0 Å². The highest BCUT2D eigenvalue weighted by atomic mass is 19.1. The monoisotopic (exact) mass is 450 g/mol. The van der Waals surface area contributed by atoms with Crippen molar-refractivity contribution in [1.82, 2.24) is 0 Å². The molecule has 1 N–H and O–H groups in total. The van der Waals surface area contributed by atoms with Crippen molar-refractivity contribution in [3.05, 3.63) is 78.1 Å². The summed E-state index contributed by atoms with van der Waals surface area (Å²) >= 11 is 0. The first-order chi connectivity index (χ1) is 16.0. The van der Waals surface area contributed by atoms with Crippen molar-refractivity contribution >= 4 is 23.2 Å². The Morgan fingerprint density at radius 2 is 1.82 bits per heavy atom. The van der Waals surface area contributed by atoms with Crippen LogP contribution in [0.5, 0.6) is 17.2 Å². The van der Waals surface area contributed by atoms with Gasteiger partial charge in [0.15, 0.2) is 24.2 Å². The number of methoxy groups -OCH3 is 1. The van der Waals surface area contributed by atoms with E-state index in [9.17, 15) is 14.0 Å². The molecule has 33 heavy (non-hydrogen) atoms. The summed E-state index contributed by atoms with van der Waals surface area (Å²) in [4.78, 5) is 26.7. The van der Waals surface area contributed by atoms with Gasteiger partial charge in [0, 0.05) is 11.3 Å². The van der Waals surface area contributed by atoms with Gasteiger partial charge in [-0.3, -0.25) is 9.59 Å². The summed E-state index contributed by atoms with van der Waals surface area (Å²) in [7, 11) is 1.52. The SMILES string of the molecule is COc1ccccc1OCC(=O)Nc1ccc2c(c1)N(Cc1ccccc1F)C(=O)C(C)O2. The minimum atomic E-state index is -0.709. The van der Waals surface area contributed by atoms with E-state index in [1.54, 1.807) is 67.6 Å². The van der Waals surface area contributed by atoms with E-state index in [-0.39, 0.29) is 19.1 Å². The third-order valence-electron chi connectivity index (χ3n) is 5.17. The van der Waals surface area contributed by atoms with Gasteiger partial charge in [0.25, 0.3) is 11.8 Å². The molecule has 1 aliphatic heterocycles. The van der Waals surface area contributed by atoms with Crippen molar-refractivity contribution in [2.75, 3.05) is 23.9 Å². The summed E-state index contributed by atoms with van der Waals surface area (Å²) < 4.78 is 30.7. The molecule has 0 bridgehead atoms. The van der Waals surface area contributed by atoms with Crippen molar-refractivity contribution in [2.45, 2.75) is 19.6 Å². The molecule has 1 heterocycles. The molecule has 0 saturated carbocycles. The Morgan fingerprint density at radius 3 is 2.58 bits per heavy atom. The summed E-state index contributed by atoms with van der Waals surface area (Å²) in [5.74, 6) is 0.356. The number of hydrogen-bond donors (Lipinski definition) is 1. The average molecular weight is 450 g/mol. The number of para-hydroxylation sites is 2. The highest BCUT2D eigenvalue weighted by molar-refractivity contribution is 6.01. The standard InChI is InChI=1S/C25H23FN2O5/c1-16-25(30)28(14-17-7-3-4-8-19(17)26)20-13-18(11-12-21(20)33-16)27-24(29)15-32-23-10-6-5-9-22(23)31-2/h3-13,16H,14-15H2,1-2H3,(H,27,29). The fraction of sp³-hybridized carbons (Fsp3) is 0.200. The average Bonchev–Trinajstić information content (AvgIpc) is 2.82. The zero-order valence-electron chi connectivity index (χ0n) is 18.2. The van der Waals surface area contributed by atoms with Gasteiger partial charge in [-0.25, -0.2) is 4.39 Å². The van der Waals surface area contributed by atoms with Gasteiger partial charge in [-0.05, 0) is 43.3 Å². The Kier molecular flexibility index (Phi) is 6.44.